The van der Waals surface area contributed by atoms with Gasteiger partial charge in [-0.3, -0.25) is 9.69 Å². The number of nitrogens with zero attached hydrogens (tertiary/aromatic N) is 2. The number of aliphatic hydroxyl groups is 1. The molecule has 0 saturated carbocycles. The summed E-state index contributed by atoms with van der Waals surface area (Å²) in [5.74, 6) is 1.23. The highest BCUT2D eigenvalue weighted by Crippen LogP contribution is 2.21. The Labute approximate surface area is 130 Å². The SMILES string of the molecule is CC(C)CN(CC(C)C)C(=O)CN1CCCC(C)(O)CC1. The minimum absolute atomic E-state index is 0.235. The third kappa shape index (κ3) is 7.28. The van der Waals surface area contributed by atoms with Crippen molar-refractivity contribution >= 4 is 5.91 Å². The summed E-state index contributed by atoms with van der Waals surface area (Å²) in [5, 5.41) is 10.1. The molecular formula is C17H34N2O2. The quantitative estimate of drug-likeness (QED) is 0.819. The number of rotatable bonds is 6. The van der Waals surface area contributed by atoms with Crippen LogP contribution in [-0.4, -0.2) is 59.1 Å². The van der Waals surface area contributed by atoms with E-state index in [1.54, 1.807) is 0 Å². The maximum atomic E-state index is 12.6. The second-order valence-corrected chi connectivity index (χ2v) is 7.71. The molecule has 0 bridgehead atoms. The van der Waals surface area contributed by atoms with Crippen LogP contribution in [0.25, 0.3) is 0 Å². The third-order valence-corrected chi connectivity index (χ3v) is 4.04. The van der Waals surface area contributed by atoms with Gasteiger partial charge >= 0.3 is 0 Å². The summed E-state index contributed by atoms with van der Waals surface area (Å²) >= 11 is 0. The number of amides is 1. The number of hydrogen-bond donors (Lipinski definition) is 1. The molecular weight excluding hydrogens is 264 g/mol. The molecule has 0 aromatic heterocycles. The molecule has 1 unspecified atom stereocenters. The first-order valence-electron chi connectivity index (χ1n) is 8.42. The van der Waals surface area contributed by atoms with Gasteiger partial charge in [-0.25, -0.2) is 0 Å². The maximum absolute atomic E-state index is 12.6. The van der Waals surface area contributed by atoms with Crippen LogP contribution in [0.2, 0.25) is 0 Å². The molecule has 0 spiro atoms. The van der Waals surface area contributed by atoms with Crippen molar-refractivity contribution in [2.75, 3.05) is 32.7 Å². The molecule has 21 heavy (non-hydrogen) atoms. The van der Waals surface area contributed by atoms with Crippen LogP contribution in [0.5, 0.6) is 0 Å². The Kier molecular flexibility index (Phi) is 7.14. The molecule has 0 aliphatic carbocycles. The molecule has 4 heteroatoms. The second kappa shape index (κ2) is 8.14. The molecule has 1 aliphatic heterocycles. The van der Waals surface area contributed by atoms with Crippen molar-refractivity contribution in [1.82, 2.24) is 9.80 Å². The Bertz CT molecular complexity index is 317. The van der Waals surface area contributed by atoms with Crippen molar-refractivity contribution in [3.05, 3.63) is 0 Å². The summed E-state index contributed by atoms with van der Waals surface area (Å²) < 4.78 is 0. The van der Waals surface area contributed by atoms with Crippen molar-refractivity contribution < 1.29 is 9.90 Å². The summed E-state index contributed by atoms with van der Waals surface area (Å²) in [6, 6.07) is 0. The lowest BCUT2D eigenvalue weighted by atomic mass is 9.98. The van der Waals surface area contributed by atoms with E-state index in [2.05, 4.69) is 32.6 Å². The predicted octanol–water partition coefficient (Wildman–Crippen LogP) is 2.36. The van der Waals surface area contributed by atoms with Gasteiger partial charge < -0.3 is 10.0 Å². The average Bonchev–Trinajstić information content (AvgIpc) is 2.49. The molecule has 124 valence electrons. The lowest BCUT2D eigenvalue weighted by Gasteiger charge is -2.29. The molecule has 1 heterocycles. The van der Waals surface area contributed by atoms with Gasteiger partial charge in [0.2, 0.25) is 5.91 Å². The largest absolute Gasteiger partial charge is 0.390 e. The van der Waals surface area contributed by atoms with Gasteiger partial charge in [-0.05, 0) is 44.6 Å². The zero-order chi connectivity index (χ0) is 16.0. The van der Waals surface area contributed by atoms with Crippen LogP contribution in [-0.2, 0) is 4.79 Å². The van der Waals surface area contributed by atoms with Gasteiger partial charge in [0.15, 0.2) is 0 Å². The molecule has 0 aromatic carbocycles. The van der Waals surface area contributed by atoms with Gasteiger partial charge in [-0.15, -0.1) is 0 Å². The molecule has 1 amide bonds. The summed E-state index contributed by atoms with van der Waals surface area (Å²) in [5.41, 5.74) is -0.562. The van der Waals surface area contributed by atoms with Crippen LogP contribution >= 0.6 is 0 Å². The summed E-state index contributed by atoms with van der Waals surface area (Å²) in [6.07, 6.45) is 2.56. The molecule has 0 radical (unpaired) electrons. The van der Waals surface area contributed by atoms with Crippen molar-refractivity contribution in [3.63, 3.8) is 0 Å². The Morgan fingerprint density at radius 2 is 1.71 bits per heavy atom. The van der Waals surface area contributed by atoms with Crippen LogP contribution < -0.4 is 0 Å². The van der Waals surface area contributed by atoms with E-state index in [0.29, 0.717) is 18.4 Å². The van der Waals surface area contributed by atoms with Gasteiger partial charge in [0.05, 0.1) is 12.1 Å². The van der Waals surface area contributed by atoms with Crippen molar-refractivity contribution in [3.8, 4) is 0 Å². The second-order valence-electron chi connectivity index (χ2n) is 7.71. The summed E-state index contributed by atoms with van der Waals surface area (Å²) in [4.78, 5) is 16.8. The molecule has 4 nitrogen and oxygen atoms in total. The fourth-order valence-corrected chi connectivity index (χ4v) is 2.93. The van der Waals surface area contributed by atoms with E-state index in [1.807, 2.05) is 11.8 Å². The molecule has 1 fully saturated rings. The van der Waals surface area contributed by atoms with Crippen molar-refractivity contribution in [2.24, 2.45) is 11.8 Å². The minimum Gasteiger partial charge on any atom is -0.390 e. The molecule has 1 rings (SSSR count). The Morgan fingerprint density at radius 1 is 1.14 bits per heavy atom. The van der Waals surface area contributed by atoms with E-state index in [-0.39, 0.29) is 5.91 Å². The zero-order valence-electron chi connectivity index (χ0n) is 14.6. The highest BCUT2D eigenvalue weighted by atomic mass is 16.3. The van der Waals surface area contributed by atoms with Crippen LogP contribution in [0.1, 0.15) is 53.9 Å². The fraction of sp³-hybridized carbons (Fsp3) is 0.941. The number of carbonyl (C=O) groups is 1. The molecule has 1 atom stereocenters. The van der Waals surface area contributed by atoms with E-state index >= 15 is 0 Å². The molecule has 1 aliphatic rings. The molecule has 0 aromatic rings. The minimum atomic E-state index is -0.562. The molecule has 1 N–H and O–H groups in total. The topological polar surface area (TPSA) is 43.8 Å². The Balaban J connectivity index is 2.55. The normalized spacial score (nSPS) is 24.4. The average molecular weight is 298 g/mol. The molecule has 1 saturated heterocycles. The van der Waals surface area contributed by atoms with Crippen LogP contribution in [0.3, 0.4) is 0 Å². The predicted molar refractivity (Wildman–Crippen MR) is 87.2 cm³/mol. The fourth-order valence-electron chi connectivity index (χ4n) is 2.93. The summed E-state index contributed by atoms with van der Waals surface area (Å²) in [6.45, 7) is 14.4. The Hall–Kier alpha value is -0.610. The van der Waals surface area contributed by atoms with Gasteiger partial charge in [-0.2, -0.15) is 0 Å². The van der Waals surface area contributed by atoms with Crippen molar-refractivity contribution in [1.29, 1.82) is 0 Å². The Morgan fingerprint density at radius 3 is 2.24 bits per heavy atom. The smallest absolute Gasteiger partial charge is 0.236 e. The highest BCUT2D eigenvalue weighted by Gasteiger charge is 2.27. The van der Waals surface area contributed by atoms with Gasteiger partial charge in [0, 0.05) is 19.6 Å². The lowest BCUT2D eigenvalue weighted by molar-refractivity contribution is -0.133. The summed E-state index contributed by atoms with van der Waals surface area (Å²) in [7, 11) is 0. The standard InChI is InChI=1S/C17H34N2O2/c1-14(2)11-19(12-15(3)4)16(20)13-18-9-6-7-17(5,21)8-10-18/h14-15,21H,6-13H2,1-5H3. The van der Waals surface area contributed by atoms with Crippen LogP contribution in [0, 0.1) is 11.8 Å². The van der Waals surface area contributed by atoms with E-state index < -0.39 is 5.60 Å². The van der Waals surface area contributed by atoms with Crippen molar-refractivity contribution in [2.45, 2.75) is 59.5 Å². The maximum Gasteiger partial charge on any atom is 0.236 e. The van der Waals surface area contributed by atoms with E-state index in [9.17, 15) is 9.90 Å². The zero-order valence-corrected chi connectivity index (χ0v) is 14.6. The van der Waals surface area contributed by atoms with Gasteiger partial charge in [0.1, 0.15) is 0 Å². The number of likely N-dealkylation sites (tertiary alicyclic amines) is 1. The van der Waals surface area contributed by atoms with Crippen LogP contribution in [0.4, 0.5) is 0 Å². The number of carbonyl (C=O) groups excluding carboxylic acids is 1. The first kappa shape index (κ1) is 18.4. The third-order valence-electron chi connectivity index (χ3n) is 4.04. The van der Waals surface area contributed by atoms with E-state index in [4.69, 9.17) is 0 Å². The van der Waals surface area contributed by atoms with Gasteiger partial charge in [-0.1, -0.05) is 27.7 Å². The van der Waals surface area contributed by atoms with E-state index in [1.165, 1.54) is 0 Å². The van der Waals surface area contributed by atoms with Crippen LogP contribution in [0.15, 0.2) is 0 Å². The van der Waals surface area contributed by atoms with E-state index in [0.717, 1.165) is 45.4 Å². The number of hydrogen-bond acceptors (Lipinski definition) is 3. The van der Waals surface area contributed by atoms with Gasteiger partial charge in [0.25, 0.3) is 0 Å². The lowest BCUT2D eigenvalue weighted by Crippen LogP contribution is -2.44. The first-order chi connectivity index (χ1) is 9.69. The monoisotopic (exact) mass is 298 g/mol. The highest BCUT2D eigenvalue weighted by molar-refractivity contribution is 5.78. The first-order valence-corrected chi connectivity index (χ1v) is 8.42.